The van der Waals surface area contributed by atoms with Crippen molar-refractivity contribution in [2.45, 2.75) is 19.4 Å². The largest absolute Gasteiger partial charge is 0.490 e. The van der Waals surface area contributed by atoms with Crippen LogP contribution in [0.2, 0.25) is 0 Å². The van der Waals surface area contributed by atoms with E-state index in [4.69, 9.17) is 21.1 Å². The maximum Gasteiger partial charge on any atom is 0.259 e. The molecule has 1 aromatic carbocycles. The van der Waals surface area contributed by atoms with Gasteiger partial charge in [0.25, 0.3) is 5.91 Å². The van der Waals surface area contributed by atoms with Gasteiger partial charge < -0.3 is 30.4 Å². The topological polar surface area (TPSA) is 119 Å². The maximum absolute atomic E-state index is 13.0. The van der Waals surface area contributed by atoms with Crippen molar-refractivity contribution in [3.63, 3.8) is 0 Å². The van der Waals surface area contributed by atoms with E-state index in [0.29, 0.717) is 18.9 Å². The van der Waals surface area contributed by atoms with Crippen LogP contribution in [0.1, 0.15) is 22.8 Å². The van der Waals surface area contributed by atoms with Crippen molar-refractivity contribution in [1.82, 2.24) is 4.98 Å². The maximum atomic E-state index is 13.0. The third-order valence-electron chi connectivity index (χ3n) is 5.21. The highest BCUT2D eigenvalue weighted by molar-refractivity contribution is 6.10. The van der Waals surface area contributed by atoms with E-state index in [-0.39, 0.29) is 23.3 Å². The minimum atomic E-state index is -0.333. The summed E-state index contributed by atoms with van der Waals surface area (Å²) in [5.74, 6) is 6.31. The predicted molar refractivity (Wildman–Crippen MR) is 112 cm³/mol. The highest BCUT2D eigenvalue weighted by Crippen LogP contribution is 2.39. The number of fused-ring (bicyclic) bond motifs is 1. The fraction of sp³-hybridized carbons (Fsp3) is 0.400. The molecule has 2 aliphatic rings. The lowest BCUT2D eigenvalue weighted by Crippen LogP contribution is -2.36. The minimum Gasteiger partial charge on any atom is -0.490 e. The second kappa shape index (κ2) is 7.76. The minimum absolute atomic E-state index is 0.116. The number of nitrogens with one attached hydrogen (secondary N) is 1. The number of benzene rings is 1. The molecule has 0 aliphatic carbocycles. The number of aromatic nitrogens is 1. The third-order valence-corrected chi connectivity index (χ3v) is 5.21. The van der Waals surface area contributed by atoms with Gasteiger partial charge in [0, 0.05) is 44.4 Å². The number of ether oxygens (including phenoxy) is 2. The van der Waals surface area contributed by atoms with Crippen LogP contribution in [0.3, 0.4) is 0 Å². The van der Waals surface area contributed by atoms with E-state index in [1.54, 1.807) is 7.05 Å². The normalized spacial score (nSPS) is 18.2. The van der Waals surface area contributed by atoms with Crippen LogP contribution in [0.25, 0.3) is 0 Å². The number of hydrogen-bond donors (Lipinski definition) is 3. The monoisotopic (exact) mass is 398 g/mol. The second-order valence-corrected chi connectivity index (χ2v) is 7.39. The Morgan fingerprint density at radius 3 is 2.79 bits per heavy atom. The molecule has 4 rings (SSSR count). The Balaban J connectivity index is 1.68. The fourth-order valence-electron chi connectivity index (χ4n) is 3.73. The average molecular weight is 398 g/mol. The highest BCUT2D eigenvalue weighted by Gasteiger charge is 2.25. The number of hydrogen-bond acceptors (Lipinski definition) is 8. The Kier molecular flexibility index (Phi) is 5.16. The van der Waals surface area contributed by atoms with E-state index >= 15 is 0 Å². The molecule has 1 atom stereocenters. The summed E-state index contributed by atoms with van der Waals surface area (Å²) in [4.78, 5) is 19.3. The smallest absolute Gasteiger partial charge is 0.259 e. The van der Waals surface area contributed by atoms with Crippen LogP contribution in [0.5, 0.6) is 5.75 Å². The first kappa shape index (κ1) is 19.3. The molecule has 9 nitrogen and oxygen atoms in total. The zero-order chi connectivity index (χ0) is 20.5. The summed E-state index contributed by atoms with van der Waals surface area (Å²) < 4.78 is 11.4. The number of nitrogen functional groups attached to an aromatic ring is 1. The molecule has 154 valence electrons. The number of morpholine rings is 1. The zero-order valence-corrected chi connectivity index (χ0v) is 16.6. The third kappa shape index (κ3) is 3.79. The molecule has 1 unspecified atom stereocenters. The van der Waals surface area contributed by atoms with Crippen LogP contribution in [0, 0.1) is 0 Å². The lowest BCUT2D eigenvalue weighted by molar-refractivity contribution is 0.102. The van der Waals surface area contributed by atoms with E-state index in [1.165, 1.54) is 17.4 Å². The first-order valence-corrected chi connectivity index (χ1v) is 9.63. The lowest BCUT2D eigenvalue weighted by Gasteiger charge is -2.31. The van der Waals surface area contributed by atoms with Crippen LogP contribution in [0.15, 0.2) is 24.5 Å². The van der Waals surface area contributed by atoms with Crippen LogP contribution in [-0.2, 0) is 11.2 Å². The number of hydrazine groups is 1. The molecule has 29 heavy (non-hydrogen) atoms. The molecule has 1 fully saturated rings. The van der Waals surface area contributed by atoms with Crippen LogP contribution < -0.4 is 31.5 Å². The van der Waals surface area contributed by atoms with Gasteiger partial charge in [-0.3, -0.25) is 9.78 Å². The van der Waals surface area contributed by atoms with E-state index < -0.39 is 0 Å². The summed E-state index contributed by atoms with van der Waals surface area (Å²) in [6.07, 6.45) is 3.90. The van der Waals surface area contributed by atoms with Gasteiger partial charge in [-0.2, -0.15) is 0 Å². The number of amides is 1. The van der Waals surface area contributed by atoms with Crippen molar-refractivity contribution in [2.75, 3.05) is 54.3 Å². The lowest BCUT2D eigenvalue weighted by atomic mass is 10.1. The van der Waals surface area contributed by atoms with Gasteiger partial charge >= 0.3 is 0 Å². The molecule has 1 saturated heterocycles. The van der Waals surface area contributed by atoms with Gasteiger partial charge in [0.1, 0.15) is 11.9 Å². The molecule has 2 aliphatic heterocycles. The molecule has 0 saturated carbocycles. The molecule has 2 aromatic rings. The second-order valence-electron chi connectivity index (χ2n) is 7.39. The molecule has 9 heteroatoms. The number of anilines is 4. The SMILES string of the molecule is CC1Cc2cc(NC(=O)c3cncc(N(C)N)c3N)c(N3CCOCC3)cc2O1. The molecular formula is C20H26N6O3. The fourth-order valence-corrected chi connectivity index (χ4v) is 3.73. The van der Waals surface area contributed by atoms with E-state index in [9.17, 15) is 4.79 Å². The van der Waals surface area contributed by atoms with Gasteiger partial charge in [-0.15, -0.1) is 0 Å². The van der Waals surface area contributed by atoms with Gasteiger partial charge in [-0.05, 0) is 13.0 Å². The average Bonchev–Trinajstić information content (AvgIpc) is 3.06. The van der Waals surface area contributed by atoms with Gasteiger partial charge in [-0.25, -0.2) is 5.84 Å². The number of carbonyl (C=O) groups is 1. The van der Waals surface area contributed by atoms with Crippen molar-refractivity contribution in [3.8, 4) is 5.75 Å². The van der Waals surface area contributed by atoms with Crippen molar-refractivity contribution < 1.29 is 14.3 Å². The zero-order valence-electron chi connectivity index (χ0n) is 16.6. The molecule has 5 N–H and O–H groups in total. The number of nitrogens with two attached hydrogens (primary N) is 2. The van der Waals surface area contributed by atoms with Crippen LogP contribution in [-0.4, -0.2) is 50.3 Å². The first-order valence-electron chi connectivity index (χ1n) is 9.63. The van der Waals surface area contributed by atoms with Gasteiger partial charge in [0.15, 0.2) is 0 Å². The van der Waals surface area contributed by atoms with Crippen molar-refractivity contribution in [3.05, 3.63) is 35.7 Å². The highest BCUT2D eigenvalue weighted by atomic mass is 16.5. The van der Waals surface area contributed by atoms with Crippen LogP contribution >= 0.6 is 0 Å². The molecule has 0 radical (unpaired) electrons. The number of carbonyl (C=O) groups excluding carboxylic acids is 1. The van der Waals surface area contributed by atoms with Crippen molar-refractivity contribution >= 4 is 28.7 Å². The molecule has 0 spiro atoms. The molecular weight excluding hydrogens is 372 g/mol. The Hall–Kier alpha value is -3.04. The Labute approximate surface area is 169 Å². The molecule has 1 amide bonds. The van der Waals surface area contributed by atoms with Crippen molar-refractivity contribution in [1.29, 1.82) is 0 Å². The molecule has 0 bridgehead atoms. The summed E-state index contributed by atoms with van der Waals surface area (Å²) in [6, 6.07) is 4.00. The Morgan fingerprint density at radius 1 is 1.31 bits per heavy atom. The van der Waals surface area contributed by atoms with E-state index in [1.807, 2.05) is 19.1 Å². The van der Waals surface area contributed by atoms with Crippen molar-refractivity contribution in [2.24, 2.45) is 5.84 Å². The number of pyridine rings is 1. The summed E-state index contributed by atoms with van der Waals surface area (Å²) >= 11 is 0. The summed E-state index contributed by atoms with van der Waals surface area (Å²) in [7, 11) is 1.65. The van der Waals surface area contributed by atoms with Gasteiger partial charge in [0.2, 0.25) is 0 Å². The number of rotatable bonds is 4. The standard InChI is InChI=1S/C20H26N6O3/c1-12-7-13-8-15(16(9-18(13)29-12)26-3-5-28-6-4-26)24-20(27)14-10-23-11-17(19(14)21)25(2)22/h8-12H,3-7,22H2,1-2H3,(H2,21,23)(H,24,27). The molecule has 1 aromatic heterocycles. The van der Waals surface area contributed by atoms with Gasteiger partial charge in [-0.1, -0.05) is 0 Å². The van der Waals surface area contributed by atoms with E-state index in [0.717, 1.165) is 42.2 Å². The van der Waals surface area contributed by atoms with Gasteiger partial charge in [0.05, 0.1) is 47.7 Å². The predicted octanol–water partition coefficient (Wildman–Crippen LogP) is 1.39. The Bertz CT molecular complexity index is 927. The quantitative estimate of drug-likeness (QED) is 0.522. The summed E-state index contributed by atoms with van der Waals surface area (Å²) in [5, 5.41) is 4.36. The summed E-state index contributed by atoms with van der Waals surface area (Å²) in [5.41, 5.74) is 9.92. The van der Waals surface area contributed by atoms with E-state index in [2.05, 4.69) is 15.2 Å². The first-order chi connectivity index (χ1) is 13.9. The summed E-state index contributed by atoms with van der Waals surface area (Å²) in [6.45, 7) is 4.81. The van der Waals surface area contributed by atoms with Crippen LogP contribution in [0.4, 0.5) is 22.7 Å². The Morgan fingerprint density at radius 2 is 2.07 bits per heavy atom. The molecule has 3 heterocycles. The number of nitrogens with zero attached hydrogens (tertiary/aromatic N) is 3.